The average Bonchev–Trinajstić information content (AvgIpc) is 3.16. The van der Waals surface area contributed by atoms with Crippen molar-refractivity contribution in [2.45, 2.75) is 19.4 Å². The molecule has 2 rings (SSSR count). The first-order valence-corrected chi connectivity index (χ1v) is 9.86. The van der Waals surface area contributed by atoms with Gasteiger partial charge in [0.15, 0.2) is 5.96 Å². The van der Waals surface area contributed by atoms with Crippen molar-refractivity contribution in [1.82, 2.24) is 15.5 Å². The maximum atomic E-state index is 5.80. The number of thiophene rings is 1. The zero-order valence-electron chi connectivity index (χ0n) is 16.6. The monoisotopic (exact) mass is 502 g/mol. The van der Waals surface area contributed by atoms with Crippen LogP contribution in [-0.4, -0.2) is 51.7 Å². The van der Waals surface area contributed by atoms with Crippen LogP contribution < -0.4 is 15.4 Å². The Labute approximate surface area is 184 Å². The van der Waals surface area contributed by atoms with Crippen LogP contribution in [0.25, 0.3) is 0 Å². The minimum absolute atomic E-state index is 0. The number of aliphatic imine (C=N–C) groups is 1. The predicted octanol–water partition coefficient (Wildman–Crippen LogP) is 3.78. The molecule has 1 aromatic carbocycles. The molecule has 0 spiro atoms. The van der Waals surface area contributed by atoms with Crippen LogP contribution in [0.5, 0.6) is 5.75 Å². The van der Waals surface area contributed by atoms with E-state index in [1.54, 1.807) is 18.4 Å². The summed E-state index contributed by atoms with van der Waals surface area (Å²) in [6.07, 6.45) is 0. The fourth-order valence-electron chi connectivity index (χ4n) is 2.42. The lowest BCUT2D eigenvalue weighted by molar-refractivity contribution is 0.261. The molecule has 0 radical (unpaired) electrons. The number of hydrogen-bond donors (Lipinski definition) is 2. The minimum atomic E-state index is 0. The molecule has 0 aliphatic rings. The molecule has 1 heterocycles. The van der Waals surface area contributed by atoms with E-state index < -0.39 is 0 Å². The first-order chi connectivity index (χ1) is 12.6. The number of nitrogens with zero attached hydrogens (tertiary/aromatic N) is 2. The fraction of sp³-hybridized carbons (Fsp3) is 0.450. The van der Waals surface area contributed by atoms with Crippen molar-refractivity contribution in [2.24, 2.45) is 4.99 Å². The summed E-state index contributed by atoms with van der Waals surface area (Å²) < 4.78 is 5.80. The van der Waals surface area contributed by atoms with Crippen LogP contribution in [0, 0.1) is 0 Å². The number of nitrogens with one attached hydrogen (secondary N) is 2. The number of halogens is 1. The molecular formula is C20H31IN4OS. The van der Waals surface area contributed by atoms with Crippen LogP contribution >= 0.6 is 35.3 Å². The highest BCUT2D eigenvalue weighted by Gasteiger charge is 2.07. The molecule has 0 saturated carbocycles. The molecule has 7 heteroatoms. The van der Waals surface area contributed by atoms with E-state index in [1.807, 2.05) is 26.2 Å². The van der Waals surface area contributed by atoms with Crippen molar-refractivity contribution in [3.8, 4) is 5.75 Å². The Hall–Kier alpha value is -1.32. The first kappa shape index (κ1) is 23.7. The third-order valence-electron chi connectivity index (χ3n) is 4.08. The summed E-state index contributed by atoms with van der Waals surface area (Å²) in [7, 11) is 5.88. The van der Waals surface area contributed by atoms with Gasteiger partial charge in [-0.2, -0.15) is 11.3 Å². The molecule has 5 nitrogen and oxygen atoms in total. The summed E-state index contributed by atoms with van der Waals surface area (Å²) in [4.78, 5) is 6.42. The van der Waals surface area contributed by atoms with Crippen LogP contribution in [-0.2, 0) is 6.54 Å². The molecule has 150 valence electrons. The summed E-state index contributed by atoms with van der Waals surface area (Å²) in [6, 6.07) is 10.4. The molecule has 2 N–H and O–H groups in total. The van der Waals surface area contributed by atoms with Gasteiger partial charge in [-0.15, -0.1) is 24.0 Å². The van der Waals surface area contributed by atoms with E-state index >= 15 is 0 Å². The maximum absolute atomic E-state index is 5.80. The maximum Gasteiger partial charge on any atom is 0.191 e. The van der Waals surface area contributed by atoms with E-state index in [0.717, 1.165) is 24.8 Å². The van der Waals surface area contributed by atoms with Gasteiger partial charge >= 0.3 is 0 Å². The standard InChI is InChI=1S/C20H30N4OS.HI/c1-16(18-8-11-26-15-18)13-22-20(21-2)23-14-17-6-5-7-19(12-17)25-10-9-24(3)4;/h5-8,11-12,15-16H,9-10,13-14H2,1-4H3,(H2,21,22,23);1H. The highest BCUT2D eigenvalue weighted by molar-refractivity contribution is 14.0. The fourth-order valence-corrected chi connectivity index (χ4v) is 3.20. The van der Waals surface area contributed by atoms with E-state index in [4.69, 9.17) is 4.74 Å². The Kier molecular flexibility index (Phi) is 11.4. The molecule has 27 heavy (non-hydrogen) atoms. The lowest BCUT2D eigenvalue weighted by Gasteiger charge is -2.16. The van der Waals surface area contributed by atoms with Gasteiger partial charge in [-0.25, -0.2) is 0 Å². The molecule has 1 atom stereocenters. The summed E-state index contributed by atoms with van der Waals surface area (Å²) in [5.74, 6) is 2.17. The van der Waals surface area contributed by atoms with Gasteiger partial charge in [0.1, 0.15) is 12.4 Å². The molecule has 2 aromatic rings. The van der Waals surface area contributed by atoms with Crippen molar-refractivity contribution in [1.29, 1.82) is 0 Å². The van der Waals surface area contributed by atoms with E-state index in [0.29, 0.717) is 19.1 Å². The summed E-state index contributed by atoms with van der Waals surface area (Å²) in [5, 5.41) is 11.1. The number of likely N-dealkylation sites (N-methyl/N-ethyl adjacent to an activating group) is 1. The molecule has 1 aromatic heterocycles. The van der Waals surface area contributed by atoms with Gasteiger partial charge in [0.25, 0.3) is 0 Å². The van der Waals surface area contributed by atoms with Crippen LogP contribution in [0.2, 0.25) is 0 Å². The van der Waals surface area contributed by atoms with Gasteiger partial charge in [-0.3, -0.25) is 4.99 Å². The molecular weight excluding hydrogens is 471 g/mol. The number of guanidine groups is 1. The molecule has 0 amide bonds. The van der Waals surface area contributed by atoms with Crippen molar-refractivity contribution in [2.75, 3.05) is 40.8 Å². The second-order valence-electron chi connectivity index (χ2n) is 6.56. The van der Waals surface area contributed by atoms with Crippen molar-refractivity contribution in [3.05, 3.63) is 52.2 Å². The molecule has 1 unspecified atom stereocenters. The van der Waals surface area contributed by atoms with Crippen LogP contribution in [0.1, 0.15) is 24.0 Å². The van der Waals surface area contributed by atoms with Crippen LogP contribution in [0.3, 0.4) is 0 Å². The summed E-state index contributed by atoms with van der Waals surface area (Å²) in [5.41, 5.74) is 2.53. The topological polar surface area (TPSA) is 48.9 Å². The Morgan fingerprint density at radius 1 is 1.26 bits per heavy atom. The quantitative estimate of drug-likeness (QED) is 0.312. The van der Waals surface area contributed by atoms with E-state index in [1.165, 1.54) is 11.1 Å². The average molecular weight is 502 g/mol. The zero-order valence-corrected chi connectivity index (χ0v) is 19.7. The number of rotatable bonds is 9. The van der Waals surface area contributed by atoms with Crippen LogP contribution in [0.4, 0.5) is 0 Å². The van der Waals surface area contributed by atoms with Gasteiger partial charge in [0, 0.05) is 26.7 Å². The molecule has 0 aliphatic carbocycles. The van der Waals surface area contributed by atoms with Gasteiger partial charge in [-0.05, 0) is 60.1 Å². The Morgan fingerprint density at radius 2 is 2.07 bits per heavy atom. The third-order valence-corrected chi connectivity index (χ3v) is 4.78. The van der Waals surface area contributed by atoms with E-state index in [9.17, 15) is 0 Å². The molecule has 0 bridgehead atoms. The van der Waals surface area contributed by atoms with E-state index in [-0.39, 0.29) is 24.0 Å². The highest BCUT2D eigenvalue weighted by Crippen LogP contribution is 2.17. The SMILES string of the molecule is CN=C(NCc1cccc(OCCN(C)C)c1)NCC(C)c1ccsc1.I. The Bertz CT molecular complexity index is 676. The molecule has 0 aliphatic heterocycles. The second kappa shape index (κ2) is 13.0. The van der Waals surface area contributed by atoms with Gasteiger partial charge < -0.3 is 20.3 Å². The van der Waals surface area contributed by atoms with Crippen molar-refractivity contribution >= 4 is 41.3 Å². The van der Waals surface area contributed by atoms with Gasteiger partial charge in [0.05, 0.1) is 0 Å². The van der Waals surface area contributed by atoms with Gasteiger partial charge in [-0.1, -0.05) is 19.1 Å². The number of ether oxygens (including phenoxy) is 1. The molecule has 0 fully saturated rings. The summed E-state index contributed by atoms with van der Waals surface area (Å²) in [6.45, 7) is 5.37. The largest absolute Gasteiger partial charge is 0.492 e. The third kappa shape index (κ3) is 8.94. The lowest BCUT2D eigenvalue weighted by Crippen LogP contribution is -2.38. The Morgan fingerprint density at radius 3 is 2.74 bits per heavy atom. The second-order valence-corrected chi connectivity index (χ2v) is 7.34. The number of benzene rings is 1. The van der Waals surface area contributed by atoms with Crippen molar-refractivity contribution < 1.29 is 4.74 Å². The Balaban J connectivity index is 0.00000364. The predicted molar refractivity (Wildman–Crippen MR) is 127 cm³/mol. The first-order valence-electron chi connectivity index (χ1n) is 8.91. The van der Waals surface area contributed by atoms with Crippen molar-refractivity contribution in [3.63, 3.8) is 0 Å². The smallest absolute Gasteiger partial charge is 0.191 e. The van der Waals surface area contributed by atoms with Crippen LogP contribution in [0.15, 0.2) is 46.1 Å². The minimum Gasteiger partial charge on any atom is -0.492 e. The zero-order chi connectivity index (χ0) is 18.8. The van der Waals surface area contributed by atoms with Gasteiger partial charge in [0.2, 0.25) is 0 Å². The lowest BCUT2D eigenvalue weighted by atomic mass is 10.1. The number of hydrogen-bond acceptors (Lipinski definition) is 4. The molecule has 0 saturated heterocycles. The normalized spacial score (nSPS) is 12.4. The summed E-state index contributed by atoms with van der Waals surface area (Å²) >= 11 is 1.74. The highest BCUT2D eigenvalue weighted by atomic mass is 127. The van der Waals surface area contributed by atoms with E-state index in [2.05, 4.69) is 56.4 Å².